The third-order valence-corrected chi connectivity index (χ3v) is 3.26. The number of aromatic nitrogens is 1. The maximum absolute atomic E-state index is 5.74. The molecule has 0 unspecified atom stereocenters. The Hall–Kier alpha value is -1.48. The minimum absolute atomic E-state index is 0.00328. The fraction of sp³-hybridized carbons (Fsp3) is 0.400. The molecule has 0 aliphatic carbocycles. The lowest BCUT2D eigenvalue weighted by molar-refractivity contribution is 0.397. The van der Waals surface area contributed by atoms with Crippen LogP contribution in [-0.4, -0.2) is 12.3 Å². The van der Waals surface area contributed by atoms with E-state index in [1.54, 1.807) is 7.11 Å². The number of hydrogen-bond donors (Lipinski definition) is 0. The van der Waals surface area contributed by atoms with Crippen molar-refractivity contribution < 1.29 is 9.26 Å². The minimum atomic E-state index is -0.00328. The number of halogens is 1. The normalized spacial score (nSPS) is 11.6. The Morgan fingerprint density at radius 2 is 2.00 bits per heavy atom. The van der Waals surface area contributed by atoms with Crippen LogP contribution >= 0.6 is 11.6 Å². The van der Waals surface area contributed by atoms with Crippen molar-refractivity contribution in [2.24, 2.45) is 0 Å². The summed E-state index contributed by atoms with van der Waals surface area (Å²) in [7, 11) is 1.68. The van der Waals surface area contributed by atoms with E-state index in [4.69, 9.17) is 20.9 Å². The summed E-state index contributed by atoms with van der Waals surface area (Å²) in [5, 5.41) is 3.91. The molecule has 0 amide bonds. The van der Waals surface area contributed by atoms with Gasteiger partial charge in [0.1, 0.15) is 5.75 Å². The minimum Gasteiger partial charge on any atom is -0.496 e. The lowest BCUT2D eigenvalue weighted by Crippen LogP contribution is -2.12. The molecule has 1 aromatic heterocycles. The maximum Gasteiger partial charge on any atom is 0.167 e. The highest BCUT2D eigenvalue weighted by molar-refractivity contribution is 6.16. The third kappa shape index (κ3) is 2.92. The smallest absolute Gasteiger partial charge is 0.167 e. The first-order chi connectivity index (χ1) is 8.95. The largest absolute Gasteiger partial charge is 0.496 e. The van der Waals surface area contributed by atoms with Gasteiger partial charge in [0.2, 0.25) is 0 Å². The van der Waals surface area contributed by atoms with E-state index in [2.05, 4.69) is 32.0 Å². The molecule has 0 N–H and O–H groups in total. The van der Waals surface area contributed by atoms with Crippen molar-refractivity contribution in [3.8, 4) is 17.1 Å². The van der Waals surface area contributed by atoms with Crippen molar-refractivity contribution in [1.82, 2.24) is 5.16 Å². The maximum atomic E-state index is 5.74. The molecule has 3 nitrogen and oxygen atoms in total. The predicted molar refractivity (Wildman–Crippen MR) is 76.7 cm³/mol. The van der Waals surface area contributed by atoms with Crippen LogP contribution < -0.4 is 4.74 Å². The molecular weight excluding hydrogens is 262 g/mol. The predicted octanol–water partition coefficient (Wildman–Crippen LogP) is 4.39. The molecule has 2 aromatic rings. The van der Waals surface area contributed by atoms with E-state index in [1.807, 2.05) is 18.2 Å². The summed E-state index contributed by atoms with van der Waals surface area (Å²) in [6, 6.07) is 7.87. The van der Waals surface area contributed by atoms with E-state index in [0.29, 0.717) is 5.88 Å². The number of benzene rings is 1. The van der Waals surface area contributed by atoms with Crippen molar-refractivity contribution in [3.05, 3.63) is 35.5 Å². The molecule has 0 saturated carbocycles. The fourth-order valence-corrected chi connectivity index (χ4v) is 2.08. The van der Waals surface area contributed by atoms with Gasteiger partial charge < -0.3 is 9.26 Å². The summed E-state index contributed by atoms with van der Waals surface area (Å²) in [5.41, 5.74) is 2.85. The second-order valence-electron chi connectivity index (χ2n) is 5.48. The van der Waals surface area contributed by atoms with Crippen LogP contribution in [0.5, 0.6) is 5.75 Å². The average Bonchev–Trinajstić information content (AvgIpc) is 2.85. The molecular formula is C15H18ClNO2. The Balaban J connectivity index is 2.48. The topological polar surface area (TPSA) is 35.3 Å². The molecule has 0 bridgehead atoms. The molecule has 4 heteroatoms. The van der Waals surface area contributed by atoms with Gasteiger partial charge >= 0.3 is 0 Å². The summed E-state index contributed by atoms with van der Waals surface area (Å²) in [4.78, 5) is 0. The Morgan fingerprint density at radius 1 is 1.26 bits per heavy atom. The van der Waals surface area contributed by atoms with Crippen LogP contribution in [0.3, 0.4) is 0 Å². The van der Waals surface area contributed by atoms with Crippen LogP contribution in [0.15, 0.2) is 28.8 Å². The first-order valence-electron chi connectivity index (χ1n) is 6.16. The van der Waals surface area contributed by atoms with Gasteiger partial charge in [-0.25, -0.2) is 0 Å². The summed E-state index contributed by atoms with van der Waals surface area (Å²) in [6.07, 6.45) is 0. The van der Waals surface area contributed by atoms with Gasteiger partial charge in [-0.2, -0.15) is 0 Å². The second kappa shape index (κ2) is 5.25. The molecule has 0 radical (unpaired) electrons. The lowest BCUT2D eigenvalue weighted by Gasteiger charge is -2.22. The molecule has 0 aliphatic heterocycles. The van der Waals surface area contributed by atoms with Gasteiger partial charge in [-0.3, -0.25) is 0 Å². The Bertz CT molecular complexity index is 570. The van der Waals surface area contributed by atoms with E-state index in [1.165, 1.54) is 0 Å². The lowest BCUT2D eigenvalue weighted by atomic mass is 9.85. The monoisotopic (exact) mass is 279 g/mol. The fourth-order valence-electron chi connectivity index (χ4n) is 1.96. The Morgan fingerprint density at radius 3 is 2.53 bits per heavy atom. The zero-order valence-electron chi connectivity index (χ0n) is 11.7. The summed E-state index contributed by atoms with van der Waals surface area (Å²) in [6.45, 7) is 6.46. The Kier molecular flexibility index (Phi) is 3.85. The molecule has 0 saturated heterocycles. The number of hydrogen-bond acceptors (Lipinski definition) is 3. The summed E-state index contributed by atoms with van der Waals surface area (Å²) in [5.74, 6) is 1.96. The number of rotatable bonds is 3. The highest BCUT2D eigenvalue weighted by atomic mass is 35.5. The van der Waals surface area contributed by atoms with Gasteiger partial charge in [0.05, 0.1) is 18.7 Å². The summed E-state index contributed by atoms with van der Waals surface area (Å²) < 4.78 is 10.7. The average molecular weight is 280 g/mol. The standard InChI is InChI=1S/C15H18ClNO2/c1-15(2,3)12-7-10(5-6-13(12)18-4)14-8-11(9-16)17-19-14/h5-8H,9H2,1-4H3. The van der Waals surface area contributed by atoms with Gasteiger partial charge in [0.25, 0.3) is 0 Å². The van der Waals surface area contributed by atoms with Crippen LogP contribution in [-0.2, 0) is 11.3 Å². The quantitative estimate of drug-likeness (QED) is 0.782. The first kappa shape index (κ1) is 13.9. The number of methoxy groups -OCH3 is 1. The van der Waals surface area contributed by atoms with Gasteiger partial charge in [-0.1, -0.05) is 25.9 Å². The van der Waals surface area contributed by atoms with E-state index >= 15 is 0 Å². The van der Waals surface area contributed by atoms with Crippen LogP contribution in [0.4, 0.5) is 0 Å². The van der Waals surface area contributed by atoms with E-state index in [0.717, 1.165) is 28.3 Å². The van der Waals surface area contributed by atoms with Crippen LogP contribution in [0.25, 0.3) is 11.3 Å². The molecule has 2 rings (SSSR count). The number of ether oxygens (including phenoxy) is 1. The highest BCUT2D eigenvalue weighted by Gasteiger charge is 2.20. The van der Waals surface area contributed by atoms with Crippen molar-refractivity contribution in [2.75, 3.05) is 7.11 Å². The molecule has 0 aliphatic rings. The van der Waals surface area contributed by atoms with E-state index in [-0.39, 0.29) is 5.41 Å². The summed E-state index contributed by atoms with van der Waals surface area (Å²) >= 11 is 5.74. The number of nitrogens with zero attached hydrogens (tertiary/aromatic N) is 1. The highest BCUT2D eigenvalue weighted by Crippen LogP contribution is 2.35. The first-order valence-corrected chi connectivity index (χ1v) is 6.69. The molecule has 102 valence electrons. The molecule has 0 spiro atoms. The van der Waals surface area contributed by atoms with Gasteiger partial charge in [0, 0.05) is 17.2 Å². The molecule has 0 atom stereocenters. The molecule has 1 heterocycles. The SMILES string of the molecule is COc1ccc(-c2cc(CCl)no2)cc1C(C)(C)C. The molecule has 1 aromatic carbocycles. The van der Waals surface area contributed by atoms with Gasteiger partial charge in [0.15, 0.2) is 5.76 Å². The Labute approximate surface area is 118 Å². The van der Waals surface area contributed by atoms with Crippen LogP contribution in [0.2, 0.25) is 0 Å². The molecule has 19 heavy (non-hydrogen) atoms. The van der Waals surface area contributed by atoms with E-state index < -0.39 is 0 Å². The number of alkyl halides is 1. The third-order valence-electron chi connectivity index (χ3n) is 2.99. The molecule has 0 fully saturated rings. The zero-order valence-corrected chi connectivity index (χ0v) is 12.4. The second-order valence-corrected chi connectivity index (χ2v) is 5.75. The zero-order chi connectivity index (χ0) is 14.0. The van der Waals surface area contributed by atoms with Crippen molar-refractivity contribution >= 4 is 11.6 Å². The van der Waals surface area contributed by atoms with Crippen molar-refractivity contribution in [2.45, 2.75) is 32.1 Å². The van der Waals surface area contributed by atoms with Crippen LogP contribution in [0, 0.1) is 0 Å². The van der Waals surface area contributed by atoms with Crippen molar-refractivity contribution in [1.29, 1.82) is 0 Å². The van der Waals surface area contributed by atoms with Gasteiger partial charge in [-0.15, -0.1) is 11.6 Å². The van der Waals surface area contributed by atoms with E-state index in [9.17, 15) is 0 Å². The van der Waals surface area contributed by atoms with Crippen molar-refractivity contribution in [3.63, 3.8) is 0 Å². The van der Waals surface area contributed by atoms with Crippen LogP contribution in [0.1, 0.15) is 32.0 Å². The van der Waals surface area contributed by atoms with Gasteiger partial charge in [-0.05, 0) is 23.6 Å².